The first-order chi connectivity index (χ1) is 18.0. The Kier molecular flexibility index (Phi) is 6.94. The lowest BCUT2D eigenvalue weighted by Gasteiger charge is -2.35. The highest BCUT2D eigenvalue weighted by atomic mass is 16.5. The summed E-state index contributed by atoms with van der Waals surface area (Å²) in [5, 5.41) is 3.88. The van der Waals surface area contributed by atoms with Crippen LogP contribution in [0.4, 0.5) is 5.69 Å². The fourth-order valence-electron chi connectivity index (χ4n) is 5.24. The van der Waals surface area contributed by atoms with Crippen LogP contribution < -0.4 is 9.64 Å². The molecule has 9 nitrogen and oxygen atoms in total. The summed E-state index contributed by atoms with van der Waals surface area (Å²) in [6, 6.07) is 14.8. The minimum atomic E-state index is -0.268. The highest BCUT2D eigenvalue weighted by Crippen LogP contribution is 2.34. The van der Waals surface area contributed by atoms with Crippen LogP contribution in [0.25, 0.3) is 0 Å². The molecule has 1 aromatic heterocycles. The number of methoxy groups -OCH3 is 1. The summed E-state index contributed by atoms with van der Waals surface area (Å²) in [6.45, 7) is 1.95. The summed E-state index contributed by atoms with van der Waals surface area (Å²) in [6.07, 6.45) is 3.35. The Hall–Kier alpha value is -4.14. The van der Waals surface area contributed by atoms with Gasteiger partial charge in [-0.2, -0.15) is 0 Å². The van der Waals surface area contributed by atoms with Gasteiger partial charge in [-0.15, -0.1) is 0 Å². The Morgan fingerprint density at radius 2 is 1.86 bits per heavy atom. The smallest absolute Gasteiger partial charge is 0.263 e. The molecule has 37 heavy (non-hydrogen) atoms. The molecule has 0 spiro atoms. The average molecular weight is 503 g/mol. The van der Waals surface area contributed by atoms with Crippen LogP contribution in [-0.4, -0.2) is 66.5 Å². The Morgan fingerprint density at radius 1 is 1.08 bits per heavy atom. The van der Waals surface area contributed by atoms with Gasteiger partial charge in [-0.3, -0.25) is 19.3 Å². The molecular weight excluding hydrogens is 472 g/mol. The second-order valence-corrected chi connectivity index (χ2v) is 9.47. The number of nitrogens with zero attached hydrogens (tertiary/aromatic N) is 4. The number of piperidine rings is 1. The Morgan fingerprint density at radius 3 is 2.59 bits per heavy atom. The first kappa shape index (κ1) is 24.5. The highest BCUT2D eigenvalue weighted by molar-refractivity contribution is 6.23. The standard InChI is InChI=1S/C28H30N4O5/c1-30(18-21-13-17-37-29-21)26(33)20-10-14-31(15-11-20)23-8-5-7-22-25(23)28(35)32(27(22)34)16-12-19-6-3-4-9-24(19)36-2/h3-9,13,17,20H,10-12,14-16,18H2,1-2H3. The molecule has 0 atom stereocenters. The maximum Gasteiger partial charge on any atom is 0.263 e. The first-order valence-electron chi connectivity index (χ1n) is 12.5. The molecule has 0 bridgehead atoms. The number of ether oxygens (including phenoxy) is 1. The van der Waals surface area contributed by atoms with E-state index in [1.807, 2.05) is 36.4 Å². The number of anilines is 1. The van der Waals surface area contributed by atoms with Crippen LogP contribution in [0.15, 0.2) is 59.3 Å². The summed E-state index contributed by atoms with van der Waals surface area (Å²) >= 11 is 0. The predicted molar refractivity (Wildman–Crippen MR) is 136 cm³/mol. The van der Waals surface area contributed by atoms with Crippen molar-refractivity contribution in [2.45, 2.75) is 25.8 Å². The number of aromatic nitrogens is 1. The topological polar surface area (TPSA) is 96.2 Å². The summed E-state index contributed by atoms with van der Waals surface area (Å²) in [5.74, 6) is 0.186. The van der Waals surface area contributed by atoms with Crippen molar-refractivity contribution in [3.8, 4) is 5.75 Å². The minimum absolute atomic E-state index is 0.0784. The van der Waals surface area contributed by atoms with E-state index in [1.165, 1.54) is 11.2 Å². The van der Waals surface area contributed by atoms with Crippen molar-refractivity contribution < 1.29 is 23.6 Å². The van der Waals surface area contributed by atoms with E-state index in [4.69, 9.17) is 9.26 Å². The van der Waals surface area contributed by atoms with Crippen molar-refractivity contribution in [3.05, 3.63) is 77.2 Å². The van der Waals surface area contributed by atoms with Gasteiger partial charge in [-0.05, 0) is 43.0 Å². The van der Waals surface area contributed by atoms with Crippen molar-refractivity contribution in [3.63, 3.8) is 0 Å². The molecule has 0 aliphatic carbocycles. The number of hydrogen-bond donors (Lipinski definition) is 0. The molecule has 0 N–H and O–H groups in total. The Labute approximate surface area is 215 Å². The van der Waals surface area contributed by atoms with Crippen LogP contribution in [0.1, 0.15) is 44.8 Å². The quantitative estimate of drug-likeness (QED) is 0.436. The lowest BCUT2D eigenvalue weighted by molar-refractivity contribution is -0.135. The molecule has 0 unspecified atom stereocenters. The van der Waals surface area contributed by atoms with E-state index in [9.17, 15) is 14.4 Å². The minimum Gasteiger partial charge on any atom is -0.496 e. The van der Waals surface area contributed by atoms with E-state index >= 15 is 0 Å². The highest BCUT2D eigenvalue weighted by Gasteiger charge is 2.39. The number of carbonyl (C=O) groups is 3. The number of amides is 3. The zero-order valence-electron chi connectivity index (χ0n) is 21.1. The lowest BCUT2D eigenvalue weighted by atomic mass is 9.94. The lowest BCUT2D eigenvalue weighted by Crippen LogP contribution is -2.41. The molecule has 2 aliphatic heterocycles. The molecule has 192 valence electrons. The van der Waals surface area contributed by atoms with E-state index in [-0.39, 0.29) is 30.2 Å². The van der Waals surface area contributed by atoms with Crippen molar-refractivity contribution in [2.24, 2.45) is 5.92 Å². The van der Waals surface area contributed by atoms with Gasteiger partial charge in [0.15, 0.2) is 0 Å². The second-order valence-electron chi connectivity index (χ2n) is 9.47. The molecule has 5 rings (SSSR count). The van der Waals surface area contributed by atoms with Gasteiger partial charge in [0.25, 0.3) is 11.8 Å². The van der Waals surface area contributed by atoms with Gasteiger partial charge in [0.2, 0.25) is 5.91 Å². The molecule has 2 aromatic carbocycles. The molecule has 2 aliphatic rings. The number of hydrogen-bond acceptors (Lipinski definition) is 7. The summed E-state index contributed by atoms with van der Waals surface area (Å²) < 4.78 is 10.3. The van der Waals surface area contributed by atoms with E-state index in [1.54, 1.807) is 31.2 Å². The summed E-state index contributed by atoms with van der Waals surface area (Å²) in [4.78, 5) is 44.7. The monoisotopic (exact) mass is 502 g/mol. The molecule has 0 radical (unpaired) electrons. The van der Waals surface area contributed by atoms with Gasteiger partial charge in [0, 0.05) is 38.7 Å². The van der Waals surface area contributed by atoms with E-state index in [0.29, 0.717) is 55.7 Å². The maximum atomic E-state index is 13.4. The number of rotatable bonds is 8. The predicted octanol–water partition coefficient (Wildman–Crippen LogP) is 3.40. The van der Waals surface area contributed by atoms with Gasteiger partial charge >= 0.3 is 0 Å². The number of fused-ring (bicyclic) bond motifs is 1. The van der Waals surface area contributed by atoms with Crippen LogP contribution in [0.3, 0.4) is 0 Å². The van der Waals surface area contributed by atoms with Crippen molar-refractivity contribution in [1.29, 1.82) is 0 Å². The van der Waals surface area contributed by atoms with Gasteiger partial charge in [-0.25, -0.2) is 0 Å². The molecule has 0 saturated carbocycles. The Balaban J connectivity index is 1.25. The number of para-hydroxylation sites is 1. The fourth-order valence-corrected chi connectivity index (χ4v) is 5.24. The third-order valence-electron chi connectivity index (χ3n) is 7.23. The third kappa shape index (κ3) is 4.81. The van der Waals surface area contributed by atoms with Gasteiger partial charge in [0.05, 0.1) is 30.5 Å². The largest absolute Gasteiger partial charge is 0.496 e. The van der Waals surface area contributed by atoms with Crippen LogP contribution in [0.5, 0.6) is 5.75 Å². The fraction of sp³-hybridized carbons (Fsp3) is 0.357. The molecular formula is C28H30N4O5. The number of carbonyl (C=O) groups excluding carboxylic acids is 3. The molecule has 3 heterocycles. The normalized spacial score (nSPS) is 15.7. The third-order valence-corrected chi connectivity index (χ3v) is 7.23. The molecule has 1 fully saturated rings. The van der Waals surface area contributed by atoms with Crippen molar-refractivity contribution >= 4 is 23.4 Å². The van der Waals surface area contributed by atoms with Gasteiger partial charge < -0.3 is 19.1 Å². The Bertz CT molecular complexity index is 1300. The summed E-state index contributed by atoms with van der Waals surface area (Å²) in [7, 11) is 3.38. The SMILES string of the molecule is COc1ccccc1CCN1C(=O)c2cccc(N3CCC(C(=O)N(C)Cc4ccon4)CC3)c2C1=O. The molecule has 9 heteroatoms. The number of imide groups is 1. The molecule has 3 amide bonds. The van der Waals surface area contributed by atoms with Gasteiger partial charge in [0.1, 0.15) is 17.7 Å². The maximum absolute atomic E-state index is 13.4. The molecule has 1 saturated heterocycles. The van der Waals surface area contributed by atoms with E-state index < -0.39 is 0 Å². The zero-order chi connectivity index (χ0) is 25.9. The van der Waals surface area contributed by atoms with Crippen LogP contribution in [-0.2, 0) is 17.8 Å². The van der Waals surface area contributed by atoms with E-state index in [2.05, 4.69) is 10.1 Å². The molecule has 3 aromatic rings. The second kappa shape index (κ2) is 10.5. The van der Waals surface area contributed by atoms with Crippen LogP contribution >= 0.6 is 0 Å². The zero-order valence-corrected chi connectivity index (χ0v) is 21.1. The van der Waals surface area contributed by atoms with Crippen molar-refractivity contribution in [1.82, 2.24) is 15.0 Å². The summed E-state index contributed by atoms with van der Waals surface area (Å²) in [5.41, 5.74) is 3.32. The van der Waals surface area contributed by atoms with Crippen LogP contribution in [0.2, 0.25) is 0 Å². The van der Waals surface area contributed by atoms with Crippen LogP contribution in [0, 0.1) is 5.92 Å². The first-order valence-corrected chi connectivity index (χ1v) is 12.5. The van der Waals surface area contributed by atoms with Crippen molar-refractivity contribution in [2.75, 3.05) is 38.7 Å². The number of benzene rings is 2. The van der Waals surface area contributed by atoms with E-state index in [0.717, 1.165) is 17.0 Å². The van der Waals surface area contributed by atoms with Gasteiger partial charge in [-0.1, -0.05) is 29.4 Å². The average Bonchev–Trinajstić information content (AvgIpc) is 3.53.